The van der Waals surface area contributed by atoms with Crippen molar-refractivity contribution in [3.8, 4) is 5.75 Å². The molecule has 0 amide bonds. The summed E-state index contributed by atoms with van der Waals surface area (Å²) in [7, 11) is 0. The van der Waals surface area contributed by atoms with Gasteiger partial charge in [-0.1, -0.05) is 0 Å². The van der Waals surface area contributed by atoms with Gasteiger partial charge < -0.3 is 14.6 Å². The van der Waals surface area contributed by atoms with Gasteiger partial charge in [0.05, 0.1) is 22.1 Å². The predicted octanol–water partition coefficient (Wildman–Crippen LogP) is 2.13. The molecule has 1 atom stereocenters. The lowest BCUT2D eigenvalue weighted by Crippen LogP contribution is -2.23. The van der Waals surface area contributed by atoms with Crippen LogP contribution in [0.2, 0.25) is 0 Å². The highest BCUT2D eigenvalue weighted by Gasteiger charge is 2.12. The number of nitro groups is 1. The van der Waals surface area contributed by atoms with Crippen LogP contribution in [-0.2, 0) is 4.74 Å². The maximum Gasteiger partial charge on any atom is 0.273 e. The number of hydrogen-bond donors (Lipinski definition) is 1. The molecule has 0 aromatic heterocycles. The first-order valence-electron chi connectivity index (χ1n) is 5.37. The Labute approximate surface area is 113 Å². The Morgan fingerprint density at radius 3 is 2.83 bits per heavy atom. The van der Waals surface area contributed by atoms with E-state index >= 15 is 0 Å². The van der Waals surface area contributed by atoms with Gasteiger partial charge in [0.25, 0.3) is 5.69 Å². The minimum Gasteiger partial charge on any atom is -0.489 e. The summed E-state index contributed by atoms with van der Waals surface area (Å²) >= 11 is 3.22. The van der Waals surface area contributed by atoms with Crippen LogP contribution in [0.15, 0.2) is 22.7 Å². The van der Waals surface area contributed by atoms with Crippen LogP contribution in [0.1, 0.15) is 6.92 Å². The Morgan fingerprint density at radius 2 is 2.22 bits per heavy atom. The van der Waals surface area contributed by atoms with Crippen molar-refractivity contribution < 1.29 is 19.5 Å². The molecule has 0 unspecified atom stereocenters. The molecule has 100 valence electrons. The summed E-state index contributed by atoms with van der Waals surface area (Å²) in [4.78, 5) is 10.1. The molecule has 0 heterocycles. The highest BCUT2D eigenvalue weighted by atomic mass is 79.9. The normalized spacial score (nSPS) is 12.2. The van der Waals surface area contributed by atoms with Crippen LogP contribution in [0, 0.1) is 10.1 Å². The van der Waals surface area contributed by atoms with E-state index in [1.165, 1.54) is 18.2 Å². The predicted molar refractivity (Wildman–Crippen MR) is 68.8 cm³/mol. The molecule has 0 bridgehead atoms. The van der Waals surface area contributed by atoms with Gasteiger partial charge in [-0.25, -0.2) is 0 Å². The summed E-state index contributed by atoms with van der Waals surface area (Å²) in [5.41, 5.74) is -0.0625. The third kappa shape index (κ3) is 4.59. The molecule has 0 aliphatic carbocycles. The summed E-state index contributed by atoms with van der Waals surface area (Å²) in [6, 6.07) is 4.20. The van der Waals surface area contributed by atoms with Crippen molar-refractivity contribution in [1.82, 2.24) is 0 Å². The molecule has 6 nitrogen and oxygen atoms in total. The molecule has 0 spiro atoms. The number of benzene rings is 1. The van der Waals surface area contributed by atoms with Crippen molar-refractivity contribution in [2.24, 2.45) is 0 Å². The molecule has 0 radical (unpaired) electrons. The number of rotatable bonds is 7. The Balaban J connectivity index is 2.60. The zero-order valence-electron chi connectivity index (χ0n) is 9.84. The standard InChI is InChI=1S/C11H14BrNO5/c1-2-17-6-9(14)7-18-11-5-8(13(15)16)3-4-10(11)12/h3-5,9,14H,2,6-7H2,1H3/t9-/m1/s1. The van der Waals surface area contributed by atoms with E-state index in [4.69, 9.17) is 9.47 Å². The van der Waals surface area contributed by atoms with Gasteiger partial charge in [-0.3, -0.25) is 10.1 Å². The van der Waals surface area contributed by atoms with Crippen molar-refractivity contribution in [2.45, 2.75) is 13.0 Å². The molecule has 0 fully saturated rings. The van der Waals surface area contributed by atoms with Gasteiger partial charge in [0.1, 0.15) is 18.5 Å². The van der Waals surface area contributed by atoms with Gasteiger partial charge in [0.2, 0.25) is 0 Å². The molecule has 7 heteroatoms. The number of ether oxygens (including phenoxy) is 2. The quantitative estimate of drug-likeness (QED) is 0.615. The van der Waals surface area contributed by atoms with E-state index in [2.05, 4.69) is 15.9 Å². The van der Waals surface area contributed by atoms with E-state index in [-0.39, 0.29) is 18.9 Å². The zero-order valence-corrected chi connectivity index (χ0v) is 11.4. The second kappa shape index (κ2) is 7.30. The fourth-order valence-corrected chi connectivity index (χ4v) is 1.57. The van der Waals surface area contributed by atoms with Crippen LogP contribution in [0.25, 0.3) is 0 Å². The Bertz CT molecular complexity index is 412. The molecule has 1 rings (SSSR count). The average Bonchev–Trinajstić information content (AvgIpc) is 2.35. The first kappa shape index (κ1) is 14.9. The Morgan fingerprint density at radius 1 is 1.50 bits per heavy atom. The highest BCUT2D eigenvalue weighted by molar-refractivity contribution is 9.10. The fraction of sp³-hybridized carbons (Fsp3) is 0.455. The number of non-ortho nitro benzene ring substituents is 1. The third-order valence-electron chi connectivity index (χ3n) is 2.07. The summed E-state index contributed by atoms with van der Waals surface area (Å²) in [5.74, 6) is 0.319. The van der Waals surface area contributed by atoms with E-state index in [0.29, 0.717) is 16.8 Å². The van der Waals surface area contributed by atoms with Crippen LogP contribution < -0.4 is 4.74 Å². The van der Waals surface area contributed by atoms with E-state index in [1.54, 1.807) is 0 Å². The molecule has 0 aliphatic rings. The number of nitrogens with zero attached hydrogens (tertiary/aromatic N) is 1. The maximum absolute atomic E-state index is 10.6. The molecular weight excluding hydrogens is 306 g/mol. The largest absolute Gasteiger partial charge is 0.489 e. The second-order valence-electron chi connectivity index (χ2n) is 3.50. The summed E-state index contributed by atoms with van der Waals surface area (Å²) in [5, 5.41) is 20.1. The maximum atomic E-state index is 10.6. The lowest BCUT2D eigenvalue weighted by molar-refractivity contribution is -0.385. The first-order chi connectivity index (χ1) is 8.54. The first-order valence-corrected chi connectivity index (χ1v) is 6.16. The minimum atomic E-state index is -0.767. The monoisotopic (exact) mass is 319 g/mol. The minimum absolute atomic E-state index is 0.0137. The van der Waals surface area contributed by atoms with Crippen molar-refractivity contribution in [2.75, 3.05) is 19.8 Å². The molecule has 18 heavy (non-hydrogen) atoms. The van der Waals surface area contributed by atoms with Gasteiger partial charge >= 0.3 is 0 Å². The number of hydrogen-bond acceptors (Lipinski definition) is 5. The summed E-state index contributed by atoms with van der Waals surface area (Å²) in [6.07, 6.45) is -0.767. The van der Waals surface area contributed by atoms with E-state index in [9.17, 15) is 15.2 Å². The SMILES string of the molecule is CCOC[C@@H](O)COc1cc([N+](=O)[O-])ccc1Br. The van der Waals surface area contributed by atoms with Crippen LogP contribution in [0.4, 0.5) is 5.69 Å². The van der Waals surface area contributed by atoms with Crippen LogP contribution in [0.3, 0.4) is 0 Å². The Hall–Kier alpha value is -1.18. The zero-order chi connectivity index (χ0) is 13.5. The van der Waals surface area contributed by atoms with Crippen molar-refractivity contribution in [1.29, 1.82) is 0 Å². The third-order valence-corrected chi connectivity index (χ3v) is 2.73. The van der Waals surface area contributed by atoms with Gasteiger partial charge in [0.15, 0.2) is 0 Å². The van der Waals surface area contributed by atoms with E-state index in [0.717, 1.165) is 0 Å². The van der Waals surface area contributed by atoms with Crippen LogP contribution in [-0.4, -0.2) is 36.0 Å². The topological polar surface area (TPSA) is 81.8 Å². The number of aliphatic hydroxyl groups is 1. The lowest BCUT2D eigenvalue weighted by Gasteiger charge is -2.13. The summed E-state index contributed by atoms with van der Waals surface area (Å²) < 4.78 is 10.9. The molecule has 1 N–H and O–H groups in total. The number of aliphatic hydroxyl groups excluding tert-OH is 1. The summed E-state index contributed by atoms with van der Waals surface area (Å²) in [6.45, 7) is 2.52. The van der Waals surface area contributed by atoms with Crippen LogP contribution in [0.5, 0.6) is 5.75 Å². The highest BCUT2D eigenvalue weighted by Crippen LogP contribution is 2.29. The van der Waals surface area contributed by atoms with Crippen LogP contribution >= 0.6 is 15.9 Å². The lowest BCUT2D eigenvalue weighted by atomic mass is 10.3. The van der Waals surface area contributed by atoms with E-state index in [1.807, 2.05) is 6.92 Å². The smallest absolute Gasteiger partial charge is 0.273 e. The average molecular weight is 320 g/mol. The van der Waals surface area contributed by atoms with Gasteiger partial charge in [-0.15, -0.1) is 0 Å². The van der Waals surface area contributed by atoms with Gasteiger partial charge in [-0.05, 0) is 28.9 Å². The molecule has 1 aromatic rings. The fourth-order valence-electron chi connectivity index (χ4n) is 1.20. The van der Waals surface area contributed by atoms with Crippen molar-refractivity contribution in [3.63, 3.8) is 0 Å². The van der Waals surface area contributed by atoms with Crippen molar-refractivity contribution >= 4 is 21.6 Å². The second-order valence-corrected chi connectivity index (χ2v) is 4.35. The van der Waals surface area contributed by atoms with Crippen molar-refractivity contribution in [3.05, 3.63) is 32.8 Å². The molecular formula is C11H14BrNO5. The van der Waals surface area contributed by atoms with Gasteiger partial charge in [0, 0.05) is 12.7 Å². The number of nitro benzene ring substituents is 1. The van der Waals surface area contributed by atoms with Gasteiger partial charge in [-0.2, -0.15) is 0 Å². The number of halogens is 1. The molecule has 1 aromatic carbocycles. The van der Waals surface area contributed by atoms with E-state index < -0.39 is 11.0 Å². The molecule has 0 saturated carbocycles. The molecule has 0 saturated heterocycles. The Kier molecular flexibility index (Phi) is 6.03. The molecule has 0 aliphatic heterocycles.